The highest BCUT2D eigenvalue weighted by Gasteiger charge is 2.25. The van der Waals surface area contributed by atoms with Gasteiger partial charge in [0.25, 0.3) is 0 Å². The van der Waals surface area contributed by atoms with Crippen LogP contribution in [0, 0.1) is 23.2 Å². The van der Waals surface area contributed by atoms with Gasteiger partial charge in [0, 0.05) is 0 Å². The van der Waals surface area contributed by atoms with Crippen molar-refractivity contribution in [1.29, 1.82) is 5.26 Å². The van der Waals surface area contributed by atoms with Gasteiger partial charge in [-0.05, 0) is 38.1 Å². The maximum absolute atomic E-state index is 11.2. The Bertz CT molecular complexity index is 330. The number of nitrogens with zero attached hydrogens (tertiary/aromatic N) is 1. The third-order valence-corrected chi connectivity index (χ3v) is 3.28. The van der Waals surface area contributed by atoms with Crippen molar-refractivity contribution < 1.29 is 14.7 Å². The van der Waals surface area contributed by atoms with Gasteiger partial charge in [-0.25, -0.2) is 0 Å². The minimum Gasteiger partial charge on any atom is -0.481 e. The fourth-order valence-electron chi connectivity index (χ4n) is 2.20. The van der Waals surface area contributed by atoms with E-state index in [4.69, 9.17) is 10.4 Å². The number of aliphatic carboxylic acids is 1. The summed E-state index contributed by atoms with van der Waals surface area (Å²) in [6.45, 7) is 0.969. The van der Waals surface area contributed by atoms with E-state index in [9.17, 15) is 9.59 Å². The molecule has 0 aromatic carbocycles. The van der Waals surface area contributed by atoms with E-state index in [0.29, 0.717) is 5.92 Å². The first-order valence-electron chi connectivity index (χ1n) is 6.20. The van der Waals surface area contributed by atoms with Gasteiger partial charge in [-0.15, -0.1) is 0 Å². The molecular formula is C12H19N3O3. The zero-order valence-corrected chi connectivity index (χ0v) is 10.3. The lowest BCUT2D eigenvalue weighted by atomic mass is 9.82. The van der Waals surface area contributed by atoms with Gasteiger partial charge in [0.2, 0.25) is 5.91 Å². The fraction of sp³-hybridized carbons (Fsp3) is 0.750. The lowest BCUT2D eigenvalue weighted by Crippen LogP contribution is -2.37. The minimum absolute atomic E-state index is 0.0320. The van der Waals surface area contributed by atoms with E-state index >= 15 is 0 Å². The van der Waals surface area contributed by atoms with Crippen LogP contribution in [0.3, 0.4) is 0 Å². The molecule has 1 rings (SSSR count). The standard InChI is InChI=1S/C12H19N3O3/c13-5-6-15-11(16)8-14-7-9-1-3-10(4-2-9)12(17)18/h9-10,14H,1-4,6-8H2,(H,15,16)(H,17,18). The van der Waals surface area contributed by atoms with E-state index < -0.39 is 5.97 Å². The van der Waals surface area contributed by atoms with E-state index in [-0.39, 0.29) is 24.9 Å². The second-order valence-electron chi connectivity index (χ2n) is 4.62. The number of carbonyl (C=O) groups is 2. The average molecular weight is 253 g/mol. The van der Waals surface area contributed by atoms with Crippen LogP contribution in [0.25, 0.3) is 0 Å². The second-order valence-corrected chi connectivity index (χ2v) is 4.62. The Morgan fingerprint density at radius 1 is 1.28 bits per heavy atom. The van der Waals surface area contributed by atoms with Crippen molar-refractivity contribution in [3.63, 3.8) is 0 Å². The summed E-state index contributed by atoms with van der Waals surface area (Å²) in [4.78, 5) is 22.0. The molecule has 0 radical (unpaired) electrons. The smallest absolute Gasteiger partial charge is 0.306 e. The highest BCUT2D eigenvalue weighted by Crippen LogP contribution is 2.28. The van der Waals surface area contributed by atoms with Crippen LogP contribution < -0.4 is 10.6 Å². The van der Waals surface area contributed by atoms with Crippen LogP contribution in [0.1, 0.15) is 25.7 Å². The molecule has 100 valence electrons. The van der Waals surface area contributed by atoms with Crippen LogP contribution in [0.4, 0.5) is 0 Å². The first kappa shape index (κ1) is 14.5. The van der Waals surface area contributed by atoms with Crippen LogP contribution in [0.5, 0.6) is 0 Å². The molecule has 3 N–H and O–H groups in total. The summed E-state index contributed by atoms with van der Waals surface area (Å²) in [5, 5.41) is 22.6. The normalized spacial score (nSPS) is 23.1. The molecule has 0 saturated heterocycles. The Balaban J connectivity index is 2.09. The molecule has 0 atom stereocenters. The van der Waals surface area contributed by atoms with Crippen molar-refractivity contribution in [2.24, 2.45) is 11.8 Å². The summed E-state index contributed by atoms with van der Waals surface area (Å²) < 4.78 is 0. The van der Waals surface area contributed by atoms with Crippen molar-refractivity contribution >= 4 is 11.9 Å². The molecule has 0 bridgehead atoms. The Morgan fingerprint density at radius 2 is 1.94 bits per heavy atom. The number of rotatable bonds is 6. The van der Waals surface area contributed by atoms with Gasteiger partial charge in [0.05, 0.1) is 18.5 Å². The van der Waals surface area contributed by atoms with Gasteiger partial charge in [-0.2, -0.15) is 5.26 Å². The van der Waals surface area contributed by atoms with Crippen LogP contribution in [0.15, 0.2) is 0 Å². The maximum Gasteiger partial charge on any atom is 0.306 e. The topological polar surface area (TPSA) is 102 Å². The number of hydrogen-bond acceptors (Lipinski definition) is 4. The van der Waals surface area contributed by atoms with Gasteiger partial charge >= 0.3 is 5.97 Å². The largest absolute Gasteiger partial charge is 0.481 e. The molecule has 0 spiro atoms. The molecular weight excluding hydrogens is 234 g/mol. The van der Waals surface area contributed by atoms with Crippen molar-refractivity contribution in [2.75, 3.05) is 19.6 Å². The van der Waals surface area contributed by atoms with Crippen LogP contribution >= 0.6 is 0 Å². The molecule has 6 nitrogen and oxygen atoms in total. The second kappa shape index (κ2) is 7.67. The molecule has 18 heavy (non-hydrogen) atoms. The summed E-state index contributed by atoms with van der Waals surface area (Å²) in [7, 11) is 0. The molecule has 0 aromatic rings. The minimum atomic E-state index is -0.697. The third-order valence-electron chi connectivity index (χ3n) is 3.28. The zero-order valence-electron chi connectivity index (χ0n) is 10.3. The molecule has 0 aromatic heterocycles. The molecule has 1 aliphatic carbocycles. The number of carbonyl (C=O) groups excluding carboxylic acids is 1. The predicted molar refractivity (Wildman–Crippen MR) is 64.6 cm³/mol. The quantitative estimate of drug-likeness (QED) is 0.583. The molecule has 0 unspecified atom stereocenters. The number of nitriles is 1. The SMILES string of the molecule is N#CCNC(=O)CNCC1CCC(C(=O)O)CC1. The predicted octanol–water partition coefficient (Wildman–Crippen LogP) is 0.107. The number of carboxylic acids is 1. The van der Waals surface area contributed by atoms with Crippen LogP contribution in [-0.4, -0.2) is 36.6 Å². The Labute approximate surface area is 106 Å². The molecule has 0 heterocycles. The van der Waals surface area contributed by atoms with Crippen molar-refractivity contribution in [3.05, 3.63) is 0 Å². The number of amides is 1. The highest BCUT2D eigenvalue weighted by atomic mass is 16.4. The summed E-state index contributed by atoms with van der Waals surface area (Å²) >= 11 is 0. The van der Waals surface area contributed by atoms with Gasteiger partial charge < -0.3 is 15.7 Å². The lowest BCUT2D eigenvalue weighted by molar-refractivity contribution is -0.143. The van der Waals surface area contributed by atoms with E-state index in [1.807, 2.05) is 6.07 Å². The van der Waals surface area contributed by atoms with E-state index in [2.05, 4.69) is 10.6 Å². The summed E-state index contributed by atoms with van der Waals surface area (Å²) in [6, 6.07) is 1.84. The molecule has 1 aliphatic rings. The van der Waals surface area contributed by atoms with Crippen LogP contribution in [-0.2, 0) is 9.59 Å². The third kappa shape index (κ3) is 5.15. The van der Waals surface area contributed by atoms with Crippen molar-refractivity contribution in [2.45, 2.75) is 25.7 Å². The molecule has 6 heteroatoms. The average Bonchev–Trinajstić information content (AvgIpc) is 2.37. The number of carboxylic acid groups (broad SMARTS) is 1. The number of nitrogens with one attached hydrogen (secondary N) is 2. The Hall–Kier alpha value is -1.61. The highest BCUT2D eigenvalue weighted by molar-refractivity contribution is 5.78. The monoisotopic (exact) mass is 253 g/mol. The Kier molecular flexibility index (Phi) is 6.15. The first-order chi connectivity index (χ1) is 8.63. The lowest BCUT2D eigenvalue weighted by Gasteiger charge is -2.26. The van der Waals surface area contributed by atoms with E-state index in [0.717, 1.165) is 32.2 Å². The van der Waals surface area contributed by atoms with Gasteiger partial charge in [-0.1, -0.05) is 0 Å². The van der Waals surface area contributed by atoms with Gasteiger partial charge in [0.1, 0.15) is 6.54 Å². The van der Waals surface area contributed by atoms with E-state index in [1.165, 1.54) is 0 Å². The summed E-state index contributed by atoms with van der Waals surface area (Å²) in [5.41, 5.74) is 0. The Morgan fingerprint density at radius 3 is 2.50 bits per heavy atom. The maximum atomic E-state index is 11.2. The van der Waals surface area contributed by atoms with Crippen LogP contribution in [0.2, 0.25) is 0 Å². The van der Waals surface area contributed by atoms with Gasteiger partial charge in [-0.3, -0.25) is 9.59 Å². The first-order valence-corrected chi connectivity index (χ1v) is 6.20. The van der Waals surface area contributed by atoms with E-state index in [1.54, 1.807) is 0 Å². The van der Waals surface area contributed by atoms with Crippen molar-refractivity contribution in [3.8, 4) is 6.07 Å². The summed E-state index contributed by atoms with van der Waals surface area (Å²) in [6.07, 6.45) is 3.23. The number of hydrogen-bond donors (Lipinski definition) is 3. The molecule has 1 saturated carbocycles. The molecule has 0 aliphatic heterocycles. The molecule has 1 fully saturated rings. The molecule has 1 amide bonds. The fourth-order valence-corrected chi connectivity index (χ4v) is 2.20. The van der Waals surface area contributed by atoms with Crippen molar-refractivity contribution in [1.82, 2.24) is 10.6 Å². The van der Waals surface area contributed by atoms with Gasteiger partial charge in [0.15, 0.2) is 0 Å². The zero-order chi connectivity index (χ0) is 13.4. The summed E-state index contributed by atoms with van der Waals surface area (Å²) in [5.74, 6) is -0.627.